The van der Waals surface area contributed by atoms with E-state index in [4.69, 9.17) is 0 Å². The normalized spacial score (nSPS) is 14.9. The summed E-state index contributed by atoms with van der Waals surface area (Å²) in [6, 6.07) is 19.4. The minimum atomic E-state index is 0. The first-order chi connectivity index (χ1) is 14.1. The van der Waals surface area contributed by atoms with Crippen molar-refractivity contribution < 1.29 is 51.0 Å². The van der Waals surface area contributed by atoms with Crippen LogP contribution in [0.15, 0.2) is 76.9 Å². The summed E-state index contributed by atoms with van der Waals surface area (Å²) in [5, 5.41) is 0. The molecule has 2 aliphatic carbocycles. The van der Waals surface area contributed by atoms with Gasteiger partial charge in [0.25, 0.3) is 0 Å². The van der Waals surface area contributed by atoms with E-state index in [1.165, 1.54) is 50.1 Å². The summed E-state index contributed by atoms with van der Waals surface area (Å²) in [6.45, 7) is 15.4. The second-order valence-electron chi connectivity index (χ2n) is 9.56. The van der Waals surface area contributed by atoms with Crippen molar-refractivity contribution in [2.45, 2.75) is 66.7 Å². The molecule has 0 saturated heterocycles. The SMILES string of the molecule is CC1=C(C)CC(c2ccc(C(C)(C)C)cc2)=[C-]1.CC1=C(C)CC(c2ccccc2)=[C-]1.[Cl-].[Cl-].[Zr+4]. The minimum absolute atomic E-state index is 0. The van der Waals surface area contributed by atoms with Crippen LogP contribution >= 0.6 is 0 Å². The Bertz CT molecular complexity index is 1030. The molecule has 0 aromatic heterocycles. The smallest absolute Gasteiger partial charge is 1.00 e. The molecule has 0 saturated carbocycles. The summed E-state index contributed by atoms with van der Waals surface area (Å²) in [6.07, 6.45) is 9.01. The van der Waals surface area contributed by atoms with Gasteiger partial charge < -0.3 is 24.8 Å². The van der Waals surface area contributed by atoms with Gasteiger partial charge in [-0.25, -0.2) is 0 Å². The zero-order valence-electron chi connectivity index (χ0n) is 20.9. The predicted octanol–water partition coefficient (Wildman–Crippen LogP) is 2.53. The molecule has 172 valence electrons. The third-order valence-corrected chi connectivity index (χ3v) is 6.06. The number of rotatable bonds is 2. The van der Waals surface area contributed by atoms with Crippen LogP contribution in [0.2, 0.25) is 0 Å². The Morgan fingerprint density at radius 3 is 1.33 bits per heavy atom. The molecule has 0 heterocycles. The van der Waals surface area contributed by atoms with Gasteiger partial charge in [0.05, 0.1) is 0 Å². The van der Waals surface area contributed by atoms with Crippen LogP contribution < -0.4 is 24.8 Å². The second kappa shape index (κ2) is 13.7. The summed E-state index contributed by atoms with van der Waals surface area (Å²) in [5.74, 6) is 0. The zero-order valence-corrected chi connectivity index (χ0v) is 24.8. The van der Waals surface area contributed by atoms with E-state index in [0.717, 1.165) is 12.8 Å². The third-order valence-electron chi connectivity index (χ3n) is 6.06. The molecule has 0 N–H and O–H groups in total. The van der Waals surface area contributed by atoms with Crippen molar-refractivity contribution >= 4 is 11.1 Å². The summed E-state index contributed by atoms with van der Waals surface area (Å²) in [5.41, 5.74) is 12.4. The van der Waals surface area contributed by atoms with E-state index in [1.54, 1.807) is 0 Å². The molecular formula is C30H34Cl2Zr. The van der Waals surface area contributed by atoms with Crippen LogP contribution in [-0.4, -0.2) is 0 Å². The first kappa shape index (κ1) is 31.9. The largest absolute Gasteiger partial charge is 4.00 e. The van der Waals surface area contributed by atoms with E-state index in [-0.39, 0.29) is 56.4 Å². The molecule has 0 nitrogen and oxygen atoms in total. The minimum Gasteiger partial charge on any atom is -1.00 e. The quantitative estimate of drug-likeness (QED) is 0.499. The maximum absolute atomic E-state index is 3.47. The van der Waals surface area contributed by atoms with E-state index in [9.17, 15) is 0 Å². The van der Waals surface area contributed by atoms with Crippen LogP contribution in [0.5, 0.6) is 0 Å². The molecule has 0 radical (unpaired) electrons. The van der Waals surface area contributed by atoms with Gasteiger partial charge in [-0.3, -0.25) is 0 Å². The Morgan fingerprint density at radius 2 is 1.00 bits per heavy atom. The van der Waals surface area contributed by atoms with Gasteiger partial charge in [-0.2, -0.15) is 45.6 Å². The van der Waals surface area contributed by atoms with Gasteiger partial charge >= 0.3 is 26.2 Å². The van der Waals surface area contributed by atoms with Crippen LogP contribution in [-0.2, 0) is 31.6 Å². The van der Waals surface area contributed by atoms with Crippen molar-refractivity contribution in [3.8, 4) is 0 Å². The van der Waals surface area contributed by atoms with Gasteiger partial charge in [-0.15, -0.1) is 35.4 Å². The summed E-state index contributed by atoms with van der Waals surface area (Å²) < 4.78 is 0. The van der Waals surface area contributed by atoms with Crippen LogP contribution in [0, 0.1) is 12.2 Å². The fourth-order valence-electron chi connectivity index (χ4n) is 3.71. The van der Waals surface area contributed by atoms with E-state index < -0.39 is 0 Å². The number of allylic oxidation sites excluding steroid dienone is 8. The van der Waals surface area contributed by atoms with Gasteiger partial charge in [0, 0.05) is 0 Å². The number of hydrogen-bond donors (Lipinski definition) is 0. The van der Waals surface area contributed by atoms with E-state index in [2.05, 4.69) is 109 Å². The Morgan fingerprint density at radius 1 is 0.606 bits per heavy atom. The molecule has 3 heteroatoms. The molecule has 0 unspecified atom stereocenters. The standard InChI is InChI=1S/C17H21.C13H13.2ClH.Zr/c1-12-10-15(11-13(12)2)14-6-8-16(9-7-14)17(3,4)5;1-10-8-13(9-11(10)2)12-6-4-3-5-7-12;;;/h6-9H,10H2,1-5H3;3-7H,8H2,1-2H3;2*1H;/q2*-1;;;+4/p-2. The molecule has 0 atom stereocenters. The van der Waals surface area contributed by atoms with Crippen molar-refractivity contribution in [1.29, 1.82) is 0 Å². The van der Waals surface area contributed by atoms with Gasteiger partial charge in [-0.1, -0.05) is 91.6 Å². The van der Waals surface area contributed by atoms with Gasteiger partial charge in [0.15, 0.2) is 0 Å². The maximum Gasteiger partial charge on any atom is 4.00 e. The molecule has 0 fully saturated rings. The summed E-state index contributed by atoms with van der Waals surface area (Å²) in [7, 11) is 0. The Labute approximate surface area is 233 Å². The topological polar surface area (TPSA) is 0 Å². The average molecular weight is 557 g/mol. The zero-order chi connectivity index (χ0) is 21.9. The molecule has 2 aromatic rings. The average Bonchev–Trinajstić information content (AvgIpc) is 3.24. The first-order valence-corrected chi connectivity index (χ1v) is 10.9. The van der Waals surface area contributed by atoms with Crippen molar-refractivity contribution in [2.75, 3.05) is 0 Å². The summed E-state index contributed by atoms with van der Waals surface area (Å²) >= 11 is 0. The Hall–Kier alpha value is -1.14. The number of hydrogen-bond acceptors (Lipinski definition) is 0. The van der Waals surface area contributed by atoms with Crippen LogP contribution in [0.3, 0.4) is 0 Å². The molecule has 0 spiro atoms. The van der Waals surface area contributed by atoms with Crippen LogP contribution in [0.25, 0.3) is 11.1 Å². The Balaban J connectivity index is 0.000000584. The molecule has 4 rings (SSSR count). The van der Waals surface area contributed by atoms with Gasteiger partial charge in [0.1, 0.15) is 0 Å². The molecule has 2 aliphatic rings. The van der Waals surface area contributed by atoms with Gasteiger partial charge in [-0.05, 0) is 11.0 Å². The van der Waals surface area contributed by atoms with Crippen molar-refractivity contribution in [3.63, 3.8) is 0 Å². The Kier molecular flexibility index (Phi) is 13.2. The monoisotopic (exact) mass is 554 g/mol. The molecule has 0 bridgehead atoms. The van der Waals surface area contributed by atoms with Crippen LogP contribution in [0.4, 0.5) is 0 Å². The van der Waals surface area contributed by atoms with E-state index >= 15 is 0 Å². The van der Waals surface area contributed by atoms with Crippen molar-refractivity contribution in [2.24, 2.45) is 0 Å². The van der Waals surface area contributed by atoms with E-state index in [0.29, 0.717) is 0 Å². The van der Waals surface area contributed by atoms with Crippen molar-refractivity contribution in [1.82, 2.24) is 0 Å². The van der Waals surface area contributed by atoms with E-state index in [1.807, 2.05) is 6.07 Å². The first-order valence-electron chi connectivity index (χ1n) is 10.9. The van der Waals surface area contributed by atoms with Gasteiger partial charge in [0.2, 0.25) is 0 Å². The molecule has 2 aromatic carbocycles. The summed E-state index contributed by atoms with van der Waals surface area (Å²) in [4.78, 5) is 0. The fourth-order valence-corrected chi connectivity index (χ4v) is 3.71. The fraction of sp³-hybridized carbons (Fsp3) is 0.333. The third kappa shape index (κ3) is 8.54. The maximum atomic E-state index is 3.47. The molecular weight excluding hydrogens is 522 g/mol. The molecule has 33 heavy (non-hydrogen) atoms. The van der Waals surface area contributed by atoms with Crippen molar-refractivity contribution in [3.05, 3.63) is 106 Å². The molecule has 0 aliphatic heterocycles. The second-order valence-corrected chi connectivity index (χ2v) is 9.56. The number of halogens is 2. The predicted molar refractivity (Wildman–Crippen MR) is 131 cm³/mol. The number of benzene rings is 2. The molecule has 0 amide bonds. The van der Waals surface area contributed by atoms with Crippen LogP contribution in [0.1, 0.15) is 78.0 Å².